The van der Waals surface area contributed by atoms with E-state index in [-0.39, 0.29) is 5.78 Å². The van der Waals surface area contributed by atoms with Crippen molar-refractivity contribution in [3.8, 4) is 0 Å². The van der Waals surface area contributed by atoms with E-state index in [1.165, 1.54) is 0 Å². The molecule has 2 aromatic rings. The molecule has 0 radical (unpaired) electrons. The normalized spacial score (nSPS) is 11.4. The number of hydrogen-bond donors (Lipinski definition) is 1. The lowest BCUT2D eigenvalue weighted by Gasteiger charge is -1.99. The van der Waals surface area contributed by atoms with Crippen LogP contribution in [0.1, 0.15) is 16.1 Å². The Balaban J connectivity index is 2.34. The SMILES string of the molecule is CP(C)(=O)c1cc(C(=O)c2ccccc2)n[nH]1. The molecule has 0 aliphatic rings. The summed E-state index contributed by atoms with van der Waals surface area (Å²) < 4.78 is 11.8. The van der Waals surface area contributed by atoms with Crippen molar-refractivity contribution in [1.82, 2.24) is 10.2 Å². The topological polar surface area (TPSA) is 62.8 Å². The second kappa shape index (κ2) is 4.30. The molecular formula is C12H13N2O2P. The second-order valence-electron chi connectivity index (χ2n) is 4.18. The highest BCUT2D eigenvalue weighted by Crippen LogP contribution is 2.33. The molecule has 1 aromatic heterocycles. The zero-order chi connectivity index (χ0) is 12.5. The van der Waals surface area contributed by atoms with Gasteiger partial charge in [0.05, 0.1) is 5.44 Å². The van der Waals surface area contributed by atoms with Gasteiger partial charge in [0.2, 0.25) is 5.78 Å². The van der Waals surface area contributed by atoms with Gasteiger partial charge in [-0.15, -0.1) is 0 Å². The molecule has 1 aromatic carbocycles. The molecule has 0 aliphatic carbocycles. The standard InChI is InChI=1S/C12H13N2O2P/c1-17(2,16)11-8-10(13-14-11)12(15)9-6-4-3-5-7-9/h3-8H,1-2H3,(H,13,14). The van der Waals surface area contributed by atoms with Crippen LogP contribution in [0.3, 0.4) is 0 Å². The summed E-state index contributed by atoms with van der Waals surface area (Å²) in [6, 6.07) is 10.5. The molecule has 1 N–H and O–H groups in total. The van der Waals surface area contributed by atoms with Crippen LogP contribution in [0.15, 0.2) is 36.4 Å². The van der Waals surface area contributed by atoms with Gasteiger partial charge in [-0.2, -0.15) is 5.10 Å². The molecule has 0 amide bonds. The highest BCUT2D eigenvalue weighted by atomic mass is 31.2. The lowest BCUT2D eigenvalue weighted by Crippen LogP contribution is -2.03. The first-order chi connectivity index (χ1) is 7.98. The summed E-state index contributed by atoms with van der Waals surface area (Å²) in [6.07, 6.45) is 0. The molecule has 0 saturated heterocycles. The van der Waals surface area contributed by atoms with Crippen LogP contribution in [0.4, 0.5) is 0 Å². The summed E-state index contributed by atoms with van der Waals surface area (Å²) in [6.45, 7) is 3.27. The summed E-state index contributed by atoms with van der Waals surface area (Å²) in [5.74, 6) is -0.165. The summed E-state index contributed by atoms with van der Waals surface area (Å²) in [7, 11) is -2.40. The van der Waals surface area contributed by atoms with Crippen molar-refractivity contribution in [3.63, 3.8) is 0 Å². The maximum absolute atomic E-state index is 12.0. The van der Waals surface area contributed by atoms with Crippen LogP contribution in [0, 0.1) is 0 Å². The summed E-state index contributed by atoms with van der Waals surface area (Å²) in [5.41, 5.74) is 1.40. The first-order valence-corrected chi connectivity index (χ1v) is 7.79. The molecule has 0 aliphatic heterocycles. The van der Waals surface area contributed by atoms with Crippen LogP contribution in [-0.2, 0) is 4.57 Å². The van der Waals surface area contributed by atoms with Gasteiger partial charge in [0.25, 0.3) is 0 Å². The van der Waals surface area contributed by atoms with E-state index in [9.17, 15) is 9.36 Å². The molecule has 0 saturated carbocycles. The molecule has 0 bridgehead atoms. The number of H-pyrrole nitrogens is 1. The van der Waals surface area contributed by atoms with Crippen LogP contribution in [0.5, 0.6) is 0 Å². The largest absolute Gasteiger partial charge is 0.318 e. The second-order valence-corrected chi connectivity index (χ2v) is 7.37. The third-order valence-corrected chi connectivity index (χ3v) is 3.80. The first-order valence-electron chi connectivity index (χ1n) is 5.19. The number of hydrogen-bond acceptors (Lipinski definition) is 3. The maximum Gasteiger partial charge on any atom is 0.213 e. The van der Waals surface area contributed by atoms with Gasteiger partial charge < -0.3 is 4.57 Å². The van der Waals surface area contributed by atoms with Crippen molar-refractivity contribution in [2.75, 3.05) is 13.3 Å². The number of nitrogens with zero attached hydrogens (tertiary/aromatic N) is 1. The van der Waals surface area contributed by atoms with E-state index in [0.717, 1.165) is 0 Å². The molecule has 5 heteroatoms. The Bertz CT molecular complexity index is 584. The Morgan fingerprint density at radius 2 is 1.88 bits per heavy atom. The summed E-state index contributed by atoms with van der Waals surface area (Å²) in [4.78, 5) is 12.0. The molecule has 17 heavy (non-hydrogen) atoms. The number of benzene rings is 1. The monoisotopic (exact) mass is 248 g/mol. The van der Waals surface area contributed by atoms with Crippen LogP contribution < -0.4 is 5.44 Å². The molecule has 4 nitrogen and oxygen atoms in total. The quantitative estimate of drug-likeness (QED) is 0.666. The van der Waals surface area contributed by atoms with Gasteiger partial charge in [-0.05, 0) is 19.4 Å². The van der Waals surface area contributed by atoms with Crippen LogP contribution >= 0.6 is 7.14 Å². The van der Waals surface area contributed by atoms with Crippen molar-refractivity contribution >= 4 is 18.4 Å². The lowest BCUT2D eigenvalue weighted by atomic mass is 10.1. The number of aromatic nitrogens is 2. The highest BCUT2D eigenvalue weighted by Gasteiger charge is 2.18. The number of rotatable bonds is 3. The number of ketones is 1. The van der Waals surface area contributed by atoms with E-state index < -0.39 is 7.14 Å². The predicted octanol–water partition coefficient (Wildman–Crippen LogP) is 1.89. The molecule has 1 heterocycles. The lowest BCUT2D eigenvalue weighted by molar-refractivity contribution is 0.103. The molecule has 88 valence electrons. The van der Waals surface area contributed by atoms with Gasteiger partial charge in [0, 0.05) is 5.56 Å². The van der Waals surface area contributed by atoms with Crippen molar-refractivity contribution in [2.24, 2.45) is 0 Å². The third kappa shape index (κ3) is 2.53. The Morgan fingerprint density at radius 3 is 2.41 bits per heavy atom. The molecule has 2 rings (SSSR count). The van der Waals surface area contributed by atoms with Crippen LogP contribution in [0.2, 0.25) is 0 Å². The molecule has 0 spiro atoms. The van der Waals surface area contributed by atoms with E-state index in [0.29, 0.717) is 16.7 Å². The number of carbonyl (C=O) groups is 1. The molecule has 0 atom stereocenters. The Labute approximate surface area is 99.4 Å². The van der Waals surface area contributed by atoms with E-state index in [1.54, 1.807) is 43.7 Å². The fourth-order valence-corrected chi connectivity index (χ4v) is 2.17. The average Bonchev–Trinajstić information content (AvgIpc) is 2.78. The summed E-state index contributed by atoms with van der Waals surface area (Å²) >= 11 is 0. The minimum atomic E-state index is -2.40. The zero-order valence-corrected chi connectivity index (χ0v) is 10.6. The predicted molar refractivity (Wildman–Crippen MR) is 67.6 cm³/mol. The van der Waals surface area contributed by atoms with Gasteiger partial charge in [-0.25, -0.2) is 0 Å². The minimum absolute atomic E-state index is 0.165. The van der Waals surface area contributed by atoms with E-state index >= 15 is 0 Å². The highest BCUT2D eigenvalue weighted by molar-refractivity contribution is 7.69. The Hall–Kier alpha value is -1.67. The maximum atomic E-state index is 12.0. The smallest absolute Gasteiger partial charge is 0.213 e. The Morgan fingerprint density at radius 1 is 1.24 bits per heavy atom. The number of carbonyl (C=O) groups excluding carboxylic acids is 1. The van der Waals surface area contributed by atoms with Crippen molar-refractivity contribution in [2.45, 2.75) is 0 Å². The van der Waals surface area contributed by atoms with Gasteiger partial charge in [-0.3, -0.25) is 9.89 Å². The first kappa shape index (κ1) is 11.8. The van der Waals surface area contributed by atoms with Gasteiger partial charge in [0.15, 0.2) is 0 Å². The minimum Gasteiger partial charge on any atom is -0.318 e. The molecule has 0 unspecified atom stereocenters. The van der Waals surface area contributed by atoms with Gasteiger partial charge in [-0.1, -0.05) is 30.3 Å². The van der Waals surface area contributed by atoms with Gasteiger partial charge >= 0.3 is 0 Å². The third-order valence-electron chi connectivity index (χ3n) is 2.41. The average molecular weight is 248 g/mol. The van der Waals surface area contributed by atoms with E-state index in [1.807, 2.05) is 6.07 Å². The van der Waals surface area contributed by atoms with Gasteiger partial charge in [0.1, 0.15) is 12.8 Å². The fraction of sp³-hybridized carbons (Fsp3) is 0.167. The van der Waals surface area contributed by atoms with Crippen molar-refractivity contribution in [3.05, 3.63) is 47.7 Å². The van der Waals surface area contributed by atoms with Crippen LogP contribution in [-0.4, -0.2) is 29.3 Å². The van der Waals surface area contributed by atoms with Crippen LogP contribution in [0.25, 0.3) is 0 Å². The fourth-order valence-electron chi connectivity index (χ4n) is 1.44. The molecule has 0 fully saturated rings. The van der Waals surface area contributed by atoms with E-state index in [4.69, 9.17) is 0 Å². The zero-order valence-electron chi connectivity index (χ0n) is 9.68. The van der Waals surface area contributed by atoms with E-state index in [2.05, 4.69) is 10.2 Å². The molecular weight excluding hydrogens is 235 g/mol. The number of aromatic amines is 1. The number of nitrogens with one attached hydrogen (secondary N) is 1. The summed E-state index contributed by atoms with van der Waals surface area (Å²) in [5, 5.41) is 6.57. The van der Waals surface area contributed by atoms with Crippen molar-refractivity contribution in [1.29, 1.82) is 0 Å². The Kier molecular flexibility index (Phi) is 2.99. The van der Waals surface area contributed by atoms with Crippen molar-refractivity contribution < 1.29 is 9.36 Å².